The Kier molecular flexibility index (Phi) is 10.7. The van der Waals surface area contributed by atoms with Crippen LogP contribution in [-0.2, 0) is 6.42 Å². The van der Waals surface area contributed by atoms with Crippen LogP contribution in [0.15, 0.2) is 77.3 Å². The minimum Gasteiger partial charge on any atom is -0.492 e. The first-order valence-corrected chi connectivity index (χ1v) is 13.4. The van der Waals surface area contributed by atoms with Crippen molar-refractivity contribution in [1.29, 1.82) is 0 Å². The molecule has 3 aromatic rings. The fourth-order valence-corrected chi connectivity index (χ4v) is 4.23. The van der Waals surface area contributed by atoms with Crippen LogP contribution in [0.2, 0.25) is 0 Å². The fourth-order valence-electron chi connectivity index (χ4n) is 3.54. The normalized spacial score (nSPS) is 10.6. The smallest absolute Gasteiger partial charge is 0.257 e. The van der Waals surface area contributed by atoms with E-state index in [-0.39, 0.29) is 16.9 Å². The Balaban J connectivity index is 1.61. The van der Waals surface area contributed by atoms with Crippen molar-refractivity contribution in [1.82, 2.24) is 10.6 Å². The van der Waals surface area contributed by atoms with E-state index in [1.165, 1.54) is 0 Å². The Hall–Kier alpha value is -3.23. The molecule has 0 bridgehead atoms. The first-order chi connectivity index (χ1) is 17.8. The third kappa shape index (κ3) is 8.40. The highest BCUT2D eigenvalue weighted by molar-refractivity contribution is 9.10. The van der Waals surface area contributed by atoms with Crippen molar-refractivity contribution in [3.8, 4) is 5.75 Å². The van der Waals surface area contributed by atoms with Crippen molar-refractivity contribution < 1.29 is 14.3 Å². The number of carbonyl (C=O) groups excluding carboxylic acids is 2. The summed E-state index contributed by atoms with van der Waals surface area (Å²) in [5, 5.41) is 5.91. The van der Waals surface area contributed by atoms with Crippen LogP contribution in [0.5, 0.6) is 5.75 Å². The van der Waals surface area contributed by atoms with Gasteiger partial charge in [-0.2, -0.15) is 0 Å². The number of thiocarbonyl (C=S) groups is 1. The van der Waals surface area contributed by atoms with Crippen LogP contribution < -0.4 is 20.3 Å². The number of hydrogen-bond acceptors (Lipinski definition) is 4. The van der Waals surface area contributed by atoms with Crippen LogP contribution in [0.3, 0.4) is 0 Å². The Labute approximate surface area is 232 Å². The van der Waals surface area contributed by atoms with Crippen molar-refractivity contribution >= 4 is 50.8 Å². The van der Waals surface area contributed by atoms with Crippen molar-refractivity contribution in [2.24, 2.45) is 5.92 Å². The average molecular weight is 583 g/mol. The lowest BCUT2D eigenvalue weighted by atomic mass is 10.1. The molecule has 0 saturated heterocycles. The van der Waals surface area contributed by atoms with Crippen LogP contribution in [0.25, 0.3) is 0 Å². The third-order valence-electron chi connectivity index (χ3n) is 5.72. The second-order valence-corrected chi connectivity index (χ2v) is 10.2. The molecule has 0 aromatic heterocycles. The standard InChI is InChI=1S/C29H32BrN3O3S/c1-20(2)16-18-36-26-14-13-22(19-24(26)30)27(34)32-29(37)33(3)25-12-8-7-11-23(25)28(35)31-17-15-21-9-5-4-6-10-21/h4-14,19-20H,15-18H2,1-3H3,(H,31,35)(H,32,34,37). The Bertz CT molecular complexity index is 1230. The maximum atomic E-state index is 12.9. The molecule has 8 heteroatoms. The van der Waals surface area contributed by atoms with Crippen LogP contribution in [0, 0.1) is 5.92 Å². The summed E-state index contributed by atoms with van der Waals surface area (Å²) in [5.41, 5.74) is 2.66. The molecule has 0 saturated carbocycles. The monoisotopic (exact) mass is 581 g/mol. The van der Waals surface area contributed by atoms with Gasteiger partial charge in [0.2, 0.25) is 0 Å². The lowest BCUT2D eigenvalue weighted by Crippen LogP contribution is -2.41. The maximum Gasteiger partial charge on any atom is 0.257 e. The summed E-state index contributed by atoms with van der Waals surface area (Å²) in [6, 6.07) is 22.3. The first-order valence-electron chi connectivity index (χ1n) is 12.2. The van der Waals surface area contributed by atoms with Crippen LogP contribution in [-0.4, -0.2) is 37.1 Å². The molecule has 0 heterocycles. The van der Waals surface area contributed by atoms with Crippen LogP contribution in [0.4, 0.5) is 5.69 Å². The number of para-hydroxylation sites is 1. The highest BCUT2D eigenvalue weighted by atomic mass is 79.9. The van der Waals surface area contributed by atoms with E-state index in [0.717, 1.165) is 18.4 Å². The number of benzene rings is 3. The Morgan fingerprint density at radius 3 is 2.41 bits per heavy atom. The van der Waals surface area contributed by atoms with E-state index in [9.17, 15) is 9.59 Å². The van der Waals surface area contributed by atoms with Crippen LogP contribution in [0.1, 0.15) is 46.5 Å². The van der Waals surface area contributed by atoms with Gasteiger partial charge in [-0.25, -0.2) is 0 Å². The Morgan fingerprint density at radius 1 is 1.00 bits per heavy atom. The van der Waals surface area contributed by atoms with Gasteiger partial charge >= 0.3 is 0 Å². The fraction of sp³-hybridized carbons (Fsp3) is 0.276. The molecule has 0 unspecified atom stereocenters. The number of amides is 2. The maximum absolute atomic E-state index is 12.9. The van der Waals surface area contributed by atoms with Gasteiger partial charge in [-0.3, -0.25) is 14.9 Å². The summed E-state index contributed by atoms with van der Waals surface area (Å²) in [5.74, 6) is 0.678. The zero-order valence-corrected chi connectivity index (χ0v) is 23.7. The summed E-state index contributed by atoms with van der Waals surface area (Å²) in [7, 11) is 1.72. The quantitative estimate of drug-likeness (QED) is 0.287. The zero-order chi connectivity index (χ0) is 26.8. The molecule has 0 aliphatic carbocycles. The summed E-state index contributed by atoms with van der Waals surface area (Å²) in [4.78, 5) is 27.4. The summed E-state index contributed by atoms with van der Waals surface area (Å²) in [6.45, 7) is 5.40. The molecular formula is C29H32BrN3O3S. The molecule has 6 nitrogen and oxygen atoms in total. The molecule has 0 atom stereocenters. The number of anilines is 1. The minimum absolute atomic E-state index is 0.183. The van der Waals surface area contributed by atoms with Gasteiger partial charge in [-0.15, -0.1) is 0 Å². The summed E-state index contributed by atoms with van der Waals surface area (Å²) in [6.07, 6.45) is 1.68. The number of rotatable bonds is 10. The topological polar surface area (TPSA) is 70.7 Å². The molecule has 0 fully saturated rings. The molecule has 3 rings (SSSR count). The van der Waals surface area contributed by atoms with E-state index in [1.54, 1.807) is 48.3 Å². The highest BCUT2D eigenvalue weighted by Crippen LogP contribution is 2.26. The van der Waals surface area contributed by atoms with Gasteiger partial charge in [0.15, 0.2) is 5.11 Å². The van der Waals surface area contributed by atoms with Gasteiger partial charge in [0.25, 0.3) is 11.8 Å². The predicted molar refractivity (Wildman–Crippen MR) is 156 cm³/mol. The lowest BCUT2D eigenvalue weighted by molar-refractivity contribution is 0.0952. The molecule has 3 aromatic carbocycles. The molecule has 37 heavy (non-hydrogen) atoms. The highest BCUT2D eigenvalue weighted by Gasteiger charge is 2.19. The molecule has 2 N–H and O–H groups in total. The van der Waals surface area contributed by atoms with Gasteiger partial charge in [0.1, 0.15) is 5.75 Å². The number of nitrogens with zero attached hydrogens (tertiary/aromatic N) is 1. The number of carbonyl (C=O) groups is 2. The van der Waals surface area contributed by atoms with Gasteiger partial charge in [-0.05, 0) is 82.8 Å². The second-order valence-electron chi connectivity index (χ2n) is 9.00. The van der Waals surface area contributed by atoms with E-state index in [4.69, 9.17) is 17.0 Å². The van der Waals surface area contributed by atoms with Gasteiger partial charge in [0.05, 0.1) is 22.3 Å². The second kappa shape index (κ2) is 13.9. The Morgan fingerprint density at radius 2 is 1.70 bits per heavy atom. The average Bonchev–Trinajstić information content (AvgIpc) is 2.89. The first kappa shape index (κ1) is 28.3. The molecule has 194 valence electrons. The molecule has 0 aliphatic heterocycles. The number of hydrogen-bond donors (Lipinski definition) is 2. The molecular weight excluding hydrogens is 550 g/mol. The van der Waals surface area contributed by atoms with Crippen LogP contribution >= 0.6 is 28.1 Å². The lowest BCUT2D eigenvalue weighted by Gasteiger charge is -2.23. The van der Waals surface area contributed by atoms with Crippen molar-refractivity contribution in [2.75, 3.05) is 25.1 Å². The molecule has 0 aliphatic rings. The SMILES string of the molecule is CC(C)CCOc1ccc(C(=O)NC(=S)N(C)c2ccccc2C(=O)NCCc2ccccc2)cc1Br. The van der Waals surface area contributed by atoms with Crippen molar-refractivity contribution in [2.45, 2.75) is 26.7 Å². The summed E-state index contributed by atoms with van der Waals surface area (Å²) >= 11 is 8.98. The third-order valence-corrected chi connectivity index (χ3v) is 6.72. The van der Waals surface area contributed by atoms with E-state index >= 15 is 0 Å². The van der Waals surface area contributed by atoms with E-state index < -0.39 is 0 Å². The number of ether oxygens (including phenoxy) is 1. The molecule has 0 spiro atoms. The van der Waals surface area contributed by atoms with Crippen molar-refractivity contribution in [3.05, 3.63) is 94.0 Å². The van der Waals surface area contributed by atoms with Gasteiger partial charge in [-0.1, -0.05) is 56.3 Å². The van der Waals surface area contributed by atoms with Crippen molar-refractivity contribution in [3.63, 3.8) is 0 Å². The predicted octanol–water partition coefficient (Wildman–Crippen LogP) is 6.00. The number of nitrogens with one attached hydrogen (secondary N) is 2. The van der Waals surface area contributed by atoms with E-state index in [1.807, 2.05) is 36.4 Å². The molecule has 2 amide bonds. The zero-order valence-electron chi connectivity index (χ0n) is 21.3. The summed E-state index contributed by atoms with van der Waals surface area (Å²) < 4.78 is 6.49. The van der Waals surface area contributed by atoms with E-state index in [2.05, 4.69) is 40.4 Å². The number of halogens is 1. The largest absolute Gasteiger partial charge is 0.492 e. The minimum atomic E-state index is -0.351. The van der Waals surface area contributed by atoms with E-state index in [0.29, 0.717) is 46.1 Å². The van der Waals surface area contributed by atoms with Gasteiger partial charge < -0.3 is 15.0 Å². The van der Waals surface area contributed by atoms with Gasteiger partial charge in [0, 0.05) is 19.2 Å². The molecule has 0 radical (unpaired) electrons.